The smallest absolute Gasteiger partial charge is 0.315 e. The number of allylic oxidation sites excluding steroid dienone is 1. The number of rotatable bonds is 4. The predicted octanol–water partition coefficient (Wildman–Crippen LogP) is 4.11. The van der Waals surface area contributed by atoms with Gasteiger partial charge in [0.25, 0.3) is 0 Å². The summed E-state index contributed by atoms with van der Waals surface area (Å²) < 4.78 is 11.1. The van der Waals surface area contributed by atoms with Crippen molar-refractivity contribution in [2.24, 2.45) is 5.73 Å². The molecule has 0 spiro atoms. The molecule has 0 aliphatic carbocycles. The second-order valence-electron chi connectivity index (χ2n) is 6.28. The molecule has 1 aliphatic heterocycles. The monoisotopic (exact) mass is 388 g/mol. The Morgan fingerprint density at radius 2 is 2.00 bits per heavy atom. The third-order valence-electron chi connectivity index (χ3n) is 4.44. The SMILES string of the molecule is N#CC1=C(N)Oc2cc(OC(=O)Cc3ccccc3)ccc2C1c1cccs1. The van der Waals surface area contributed by atoms with Gasteiger partial charge in [-0.25, -0.2) is 0 Å². The van der Waals surface area contributed by atoms with Gasteiger partial charge in [0.15, 0.2) is 0 Å². The first-order valence-electron chi connectivity index (χ1n) is 8.65. The van der Waals surface area contributed by atoms with E-state index in [1.807, 2.05) is 53.9 Å². The van der Waals surface area contributed by atoms with E-state index in [-0.39, 0.29) is 24.2 Å². The fourth-order valence-corrected chi connectivity index (χ4v) is 4.03. The van der Waals surface area contributed by atoms with E-state index in [1.54, 1.807) is 23.5 Å². The summed E-state index contributed by atoms with van der Waals surface area (Å²) in [6, 6.07) is 20.6. The van der Waals surface area contributed by atoms with E-state index < -0.39 is 0 Å². The van der Waals surface area contributed by atoms with Crippen LogP contribution in [0.3, 0.4) is 0 Å². The quantitative estimate of drug-likeness (QED) is 0.537. The van der Waals surface area contributed by atoms with E-state index in [2.05, 4.69) is 6.07 Å². The van der Waals surface area contributed by atoms with Crippen molar-refractivity contribution in [3.05, 3.63) is 93.5 Å². The van der Waals surface area contributed by atoms with Crippen molar-refractivity contribution in [3.8, 4) is 17.6 Å². The molecule has 1 atom stereocenters. The molecule has 28 heavy (non-hydrogen) atoms. The lowest BCUT2D eigenvalue weighted by Gasteiger charge is -2.25. The average molecular weight is 388 g/mol. The Balaban J connectivity index is 1.60. The normalized spacial score (nSPS) is 15.3. The lowest BCUT2D eigenvalue weighted by atomic mass is 9.88. The molecule has 0 bridgehead atoms. The summed E-state index contributed by atoms with van der Waals surface area (Å²) in [4.78, 5) is 13.2. The van der Waals surface area contributed by atoms with Crippen molar-refractivity contribution < 1.29 is 14.3 Å². The molecule has 1 aromatic heterocycles. The van der Waals surface area contributed by atoms with E-state index in [0.29, 0.717) is 17.1 Å². The van der Waals surface area contributed by atoms with Crippen molar-refractivity contribution in [1.29, 1.82) is 5.26 Å². The Hall–Kier alpha value is -3.56. The number of esters is 1. The van der Waals surface area contributed by atoms with Gasteiger partial charge in [-0.15, -0.1) is 11.3 Å². The van der Waals surface area contributed by atoms with Crippen LogP contribution in [0.2, 0.25) is 0 Å². The highest BCUT2D eigenvalue weighted by atomic mass is 32.1. The third kappa shape index (κ3) is 3.48. The topological polar surface area (TPSA) is 85.3 Å². The Kier molecular flexibility index (Phi) is 4.83. The number of thiophene rings is 1. The van der Waals surface area contributed by atoms with Crippen LogP contribution in [0.1, 0.15) is 21.9 Å². The van der Waals surface area contributed by atoms with E-state index in [9.17, 15) is 10.1 Å². The van der Waals surface area contributed by atoms with Gasteiger partial charge >= 0.3 is 5.97 Å². The van der Waals surface area contributed by atoms with Gasteiger partial charge in [0.2, 0.25) is 5.88 Å². The highest BCUT2D eigenvalue weighted by Gasteiger charge is 2.31. The number of nitrogens with two attached hydrogens (primary N) is 1. The summed E-state index contributed by atoms with van der Waals surface area (Å²) >= 11 is 1.55. The molecule has 138 valence electrons. The van der Waals surface area contributed by atoms with Crippen LogP contribution in [0.15, 0.2) is 77.5 Å². The first-order chi connectivity index (χ1) is 13.7. The highest BCUT2D eigenvalue weighted by molar-refractivity contribution is 7.10. The molecule has 0 saturated carbocycles. The van der Waals surface area contributed by atoms with Crippen LogP contribution in [0, 0.1) is 11.3 Å². The van der Waals surface area contributed by atoms with Gasteiger partial charge in [-0.1, -0.05) is 42.5 Å². The lowest BCUT2D eigenvalue weighted by molar-refractivity contribution is -0.133. The number of ether oxygens (including phenoxy) is 2. The number of carbonyl (C=O) groups is 1. The maximum atomic E-state index is 12.2. The molecule has 0 amide bonds. The van der Waals surface area contributed by atoms with E-state index in [1.165, 1.54) is 0 Å². The molecule has 6 heteroatoms. The van der Waals surface area contributed by atoms with Crippen LogP contribution in [0.5, 0.6) is 11.5 Å². The summed E-state index contributed by atoms with van der Waals surface area (Å²) in [5, 5.41) is 11.5. The van der Waals surface area contributed by atoms with E-state index >= 15 is 0 Å². The number of carbonyl (C=O) groups excluding carboxylic acids is 1. The average Bonchev–Trinajstić information content (AvgIpc) is 3.22. The van der Waals surface area contributed by atoms with Gasteiger partial charge in [-0.2, -0.15) is 5.26 Å². The van der Waals surface area contributed by atoms with E-state index in [0.717, 1.165) is 16.0 Å². The maximum absolute atomic E-state index is 12.2. The number of fused-ring (bicyclic) bond motifs is 1. The standard InChI is InChI=1S/C22H16N2O3S/c23-13-17-21(19-7-4-10-28-19)16-9-8-15(12-18(16)27-22(17)24)26-20(25)11-14-5-2-1-3-6-14/h1-10,12,21H,11,24H2. The van der Waals surface area contributed by atoms with Gasteiger partial charge in [-0.3, -0.25) is 4.79 Å². The predicted molar refractivity (Wildman–Crippen MR) is 106 cm³/mol. The van der Waals surface area contributed by atoms with Crippen molar-refractivity contribution in [2.75, 3.05) is 0 Å². The molecule has 3 aromatic rings. The molecule has 0 radical (unpaired) electrons. The summed E-state index contributed by atoms with van der Waals surface area (Å²) in [6.07, 6.45) is 0.178. The molecule has 1 aliphatic rings. The zero-order valence-electron chi connectivity index (χ0n) is 14.8. The first-order valence-corrected chi connectivity index (χ1v) is 9.53. The van der Waals surface area contributed by atoms with Gasteiger partial charge in [0, 0.05) is 16.5 Å². The van der Waals surface area contributed by atoms with Crippen LogP contribution in [-0.2, 0) is 11.2 Å². The zero-order valence-corrected chi connectivity index (χ0v) is 15.6. The van der Waals surface area contributed by atoms with Crippen molar-refractivity contribution in [1.82, 2.24) is 0 Å². The number of nitrogens with zero attached hydrogens (tertiary/aromatic N) is 1. The summed E-state index contributed by atoms with van der Waals surface area (Å²) in [5.74, 6) is 0.278. The van der Waals surface area contributed by atoms with Crippen LogP contribution < -0.4 is 15.2 Å². The zero-order chi connectivity index (χ0) is 19.5. The fourth-order valence-electron chi connectivity index (χ4n) is 3.18. The molecular formula is C22H16N2O3S. The molecular weight excluding hydrogens is 372 g/mol. The van der Waals surface area contributed by atoms with Crippen LogP contribution in [-0.4, -0.2) is 5.97 Å². The minimum atomic E-state index is -0.363. The maximum Gasteiger partial charge on any atom is 0.315 e. The Morgan fingerprint density at radius 1 is 1.18 bits per heavy atom. The van der Waals surface area contributed by atoms with Gasteiger partial charge < -0.3 is 15.2 Å². The van der Waals surface area contributed by atoms with Crippen molar-refractivity contribution >= 4 is 17.3 Å². The van der Waals surface area contributed by atoms with Crippen molar-refractivity contribution in [2.45, 2.75) is 12.3 Å². The molecule has 0 saturated heterocycles. The summed E-state index contributed by atoms with van der Waals surface area (Å²) in [7, 11) is 0. The largest absolute Gasteiger partial charge is 0.440 e. The first kappa shape index (κ1) is 17.8. The molecule has 5 nitrogen and oxygen atoms in total. The minimum Gasteiger partial charge on any atom is -0.440 e. The number of hydrogen-bond acceptors (Lipinski definition) is 6. The number of benzene rings is 2. The summed E-state index contributed by atoms with van der Waals surface area (Å²) in [5.41, 5.74) is 8.06. The Bertz CT molecular complexity index is 1080. The van der Waals surface area contributed by atoms with Gasteiger partial charge in [-0.05, 0) is 23.1 Å². The molecule has 1 unspecified atom stereocenters. The third-order valence-corrected chi connectivity index (χ3v) is 5.38. The van der Waals surface area contributed by atoms with Gasteiger partial charge in [0.05, 0.1) is 12.3 Å². The highest BCUT2D eigenvalue weighted by Crippen LogP contribution is 2.44. The number of hydrogen-bond donors (Lipinski definition) is 1. The molecule has 2 aromatic carbocycles. The number of nitriles is 1. The lowest BCUT2D eigenvalue weighted by Crippen LogP contribution is -2.20. The fraction of sp³-hybridized carbons (Fsp3) is 0.0909. The molecule has 2 heterocycles. The van der Waals surface area contributed by atoms with Crippen LogP contribution in [0.4, 0.5) is 0 Å². The minimum absolute atomic E-state index is 0.0705. The van der Waals surface area contributed by atoms with Gasteiger partial charge in [0.1, 0.15) is 23.1 Å². The molecule has 0 fully saturated rings. The Labute approximate surface area is 166 Å². The second-order valence-corrected chi connectivity index (χ2v) is 7.26. The molecule has 4 rings (SSSR count). The van der Waals surface area contributed by atoms with E-state index in [4.69, 9.17) is 15.2 Å². The summed E-state index contributed by atoms with van der Waals surface area (Å²) in [6.45, 7) is 0. The van der Waals surface area contributed by atoms with Crippen LogP contribution in [0.25, 0.3) is 0 Å². The van der Waals surface area contributed by atoms with Crippen LogP contribution >= 0.6 is 11.3 Å². The van der Waals surface area contributed by atoms with Crippen molar-refractivity contribution in [3.63, 3.8) is 0 Å². The Morgan fingerprint density at radius 3 is 2.71 bits per heavy atom. The molecule has 2 N–H and O–H groups in total. The second kappa shape index (κ2) is 7.59.